The molecule has 4 nitrogen and oxygen atoms in total. The second kappa shape index (κ2) is 4.93. The predicted molar refractivity (Wildman–Crippen MR) is 80.5 cm³/mol. The highest BCUT2D eigenvalue weighted by atomic mass is 16.6. The number of hydrogen-bond donors (Lipinski definition) is 0. The molecule has 1 saturated heterocycles. The number of nitrogens with zero attached hydrogens (tertiary/aromatic N) is 1. The van der Waals surface area contributed by atoms with Crippen LogP contribution in [0.2, 0.25) is 0 Å². The van der Waals surface area contributed by atoms with Crippen LogP contribution in [0.4, 0.5) is 4.79 Å². The third-order valence-corrected chi connectivity index (χ3v) is 4.14. The Morgan fingerprint density at radius 2 is 1.90 bits per heavy atom. The third kappa shape index (κ3) is 2.99. The fraction of sp³-hybridized carbons (Fsp3) is 0.588. The van der Waals surface area contributed by atoms with E-state index in [2.05, 4.69) is 12.1 Å². The Labute approximate surface area is 126 Å². The zero-order valence-electron chi connectivity index (χ0n) is 13.0. The first-order valence-electron chi connectivity index (χ1n) is 7.62. The van der Waals surface area contributed by atoms with E-state index in [1.54, 1.807) is 4.90 Å². The van der Waals surface area contributed by atoms with Gasteiger partial charge < -0.3 is 14.4 Å². The summed E-state index contributed by atoms with van der Waals surface area (Å²) < 4.78 is 11.6. The lowest BCUT2D eigenvalue weighted by molar-refractivity contribution is -0.00887. The summed E-state index contributed by atoms with van der Waals surface area (Å²) in [6.45, 7) is 7.08. The lowest BCUT2D eigenvalue weighted by atomic mass is 9.87. The second-order valence-corrected chi connectivity index (χ2v) is 7.04. The van der Waals surface area contributed by atoms with Gasteiger partial charge >= 0.3 is 6.09 Å². The summed E-state index contributed by atoms with van der Waals surface area (Å²) in [5.41, 5.74) is 0.720. The van der Waals surface area contributed by atoms with Crippen molar-refractivity contribution in [3.63, 3.8) is 0 Å². The zero-order chi connectivity index (χ0) is 15.1. The quantitative estimate of drug-likeness (QED) is 0.735. The first-order valence-corrected chi connectivity index (χ1v) is 7.62. The van der Waals surface area contributed by atoms with Crippen LogP contribution in [0.15, 0.2) is 24.3 Å². The van der Waals surface area contributed by atoms with E-state index in [-0.39, 0.29) is 11.7 Å². The Morgan fingerprint density at radius 1 is 1.24 bits per heavy atom. The van der Waals surface area contributed by atoms with Gasteiger partial charge in [0, 0.05) is 32.4 Å². The molecule has 0 atom stereocenters. The van der Waals surface area contributed by atoms with E-state index < -0.39 is 5.60 Å². The van der Waals surface area contributed by atoms with Crippen molar-refractivity contribution in [1.29, 1.82) is 0 Å². The first kappa shape index (κ1) is 14.2. The molecule has 4 heteroatoms. The van der Waals surface area contributed by atoms with Crippen molar-refractivity contribution < 1.29 is 14.3 Å². The molecule has 0 N–H and O–H groups in total. The van der Waals surface area contributed by atoms with Crippen LogP contribution in [-0.2, 0) is 11.2 Å². The van der Waals surface area contributed by atoms with Gasteiger partial charge in [-0.3, -0.25) is 0 Å². The largest absolute Gasteiger partial charge is 0.487 e. The SMILES string of the molecule is CC(C)(C)OC(=O)N1CCC2(CC1)Cc1ccccc1O2. The fourth-order valence-corrected chi connectivity index (χ4v) is 3.07. The molecule has 1 aromatic carbocycles. The van der Waals surface area contributed by atoms with Crippen molar-refractivity contribution in [3.05, 3.63) is 29.8 Å². The monoisotopic (exact) mass is 289 g/mol. The number of likely N-dealkylation sites (tertiary alicyclic amines) is 1. The van der Waals surface area contributed by atoms with E-state index in [4.69, 9.17) is 9.47 Å². The molecule has 2 heterocycles. The number of carbonyl (C=O) groups excluding carboxylic acids is 1. The maximum Gasteiger partial charge on any atom is 0.410 e. The molecular formula is C17H23NO3. The van der Waals surface area contributed by atoms with Gasteiger partial charge in [0.2, 0.25) is 0 Å². The Morgan fingerprint density at radius 3 is 2.52 bits per heavy atom. The van der Waals surface area contributed by atoms with Gasteiger partial charge in [-0.1, -0.05) is 18.2 Å². The molecule has 0 bridgehead atoms. The Kier molecular flexibility index (Phi) is 3.34. The number of carbonyl (C=O) groups is 1. The molecular weight excluding hydrogens is 266 g/mol. The molecule has 114 valence electrons. The van der Waals surface area contributed by atoms with E-state index in [9.17, 15) is 4.79 Å². The summed E-state index contributed by atoms with van der Waals surface area (Å²) in [4.78, 5) is 13.9. The minimum atomic E-state index is -0.438. The second-order valence-electron chi connectivity index (χ2n) is 7.04. The van der Waals surface area contributed by atoms with Crippen LogP contribution in [0.5, 0.6) is 5.75 Å². The predicted octanol–water partition coefficient (Wildman–Crippen LogP) is 3.39. The van der Waals surface area contributed by atoms with Crippen LogP contribution in [-0.4, -0.2) is 35.3 Å². The van der Waals surface area contributed by atoms with Gasteiger partial charge in [0.1, 0.15) is 17.0 Å². The van der Waals surface area contributed by atoms with Gasteiger partial charge in [-0.25, -0.2) is 4.79 Å². The minimum Gasteiger partial charge on any atom is -0.487 e. The molecule has 0 unspecified atom stereocenters. The highest BCUT2D eigenvalue weighted by molar-refractivity contribution is 5.68. The molecule has 3 rings (SSSR count). The van der Waals surface area contributed by atoms with Crippen molar-refractivity contribution in [1.82, 2.24) is 4.90 Å². The van der Waals surface area contributed by atoms with Crippen LogP contribution < -0.4 is 4.74 Å². The average molecular weight is 289 g/mol. The van der Waals surface area contributed by atoms with Crippen molar-refractivity contribution in [2.24, 2.45) is 0 Å². The first-order chi connectivity index (χ1) is 9.87. The van der Waals surface area contributed by atoms with E-state index in [1.165, 1.54) is 5.56 Å². The van der Waals surface area contributed by atoms with Gasteiger partial charge in [0.15, 0.2) is 0 Å². The van der Waals surface area contributed by atoms with E-state index >= 15 is 0 Å². The number of amides is 1. The van der Waals surface area contributed by atoms with Gasteiger partial charge in [-0.15, -0.1) is 0 Å². The van der Waals surface area contributed by atoms with E-state index in [0.717, 1.165) is 25.0 Å². The lowest BCUT2D eigenvalue weighted by Gasteiger charge is -2.39. The van der Waals surface area contributed by atoms with E-state index in [1.807, 2.05) is 32.9 Å². The summed E-state index contributed by atoms with van der Waals surface area (Å²) in [6.07, 6.45) is 2.46. The molecule has 0 aliphatic carbocycles. The van der Waals surface area contributed by atoms with Crippen LogP contribution in [0, 0.1) is 0 Å². The number of ether oxygens (including phenoxy) is 2. The highest BCUT2D eigenvalue weighted by Crippen LogP contribution is 2.40. The van der Waals surface area contributed by atoms with Crippen molar-refractivity contribution in [2.45, 2.75) is 51.2 Å². The molecule has 2 aliphatic rings. The van der Waals surface area contributed by atoms with E-state index in [0.29, 0.717) is 13.1 Å². The standard InChI is InChI=1S/C17H23NO3/c1-16(2,3)21-15(19)18-10-8-17(9-11-18)12-13-6-4-5-7-14(13)20-17/h4-7H,8-12H2,1-3H3. The molecule has 0 saturated carbocycles. The maximum absolute atomic E-state index is 12.1. The van der Waals surface area contributed by atoms with Gasteiger partial charge in [-0.05, 0) is 32.4 Å². The van der Waals surface area contributed by atoms with Crippen molar-refractivity contribution >= 4 is 6.09 Å². The number of hydrogen-bond acceptors (Lipinski definition) is 3. The topological polar surface area (TPSA) is 38.8 Å². The smallest absolute Gasteiger partial charge is 0.410 e. The highest BCUT2D eigenvalue weighted by Gasteiger charge is 2.43. The molecule has 0 aromatic heterocycles. The van der Waals surface area contributed by atoms with Crippen LogP contribution in [0.1, 0.15) is 39.2 Å². The maximum atomic E-state index is 12.1. The molecule has 2 aliphatic heterocycles. The number of para-hydroxylation sites is 1. The minimum absolute atomic E-state index is 0.123. The lowest BCUT2D eigenvalue weighted by Crippen LogP contribution is -2.50. The van der Waals surface area contributed by atoms with Crippen LogP contribution >= 0.6 is 0 Å². The van der Waals surface area contributed by atoms with Crippen molar-refractivity contribution in [3.8, 4) is 5.75 Å². The number of benzene rings is 1. The summed E-state index contributed by atoms with van der Waals surface area (Å²) in [5, 5.41) is 0. The number of rotatable bonds is 0. The molecule has 1 amide bonds. The molecule has 0 radical (unpaired) electrons. The summed E-state index contributed by atoms with van der Waals surface area (Å²) in [6, 6.07) is 8.22. The van der Waals surface area contributed by atoms with Crippen LogP contribution in [0.25, 0.3) is 0 Å². The Balaban J connectivity index is 1.61. The Hall–Kier alpha value is -1.71. The average Bonchev–Trinajstić information content (AvgIpc) is 2.75. The summed E-state index contributed by atoms with van der Waals surface area (Å²) >= 11 is 0. The van der Waals surface area contributed by atoms with Gasteiger partial charge in [-0.2, -0.15) is 0 Å². The fourth-order valence-electron chi connectivity index (χ4n) is 3.07. The third-order valence-electron chi connectivity index (χ3n) is 4.14. The van der Waals surface area contributed by atoms with Crippen LogP contribution in [0.3, 0.4) is 0 Å². The zero-order valence-corrected chi connectivity index (χ0v) is 13.0. The van der Waals surface area contributed by atoms with Gasteiger partial charge in [0.25, 0.3) is 0 Å². The summed E-state index contributed by atoms with van der Waals surface area (Å²) in [7, 11) is 0. The number of fused-ring (bicyclic) bond motifs is 1. The summed E-state index contributed by atoms with van der Waals surface area (Å²) in [5.74, 6) is 1.00. The Bertz CT molecular complexity index is 512. The molecule has 1 spiro atoms. The molecule has 1 aromatic rings. The van der Waals surface area contributed by atoms with Gasteiger partial charge in [0.05, 0.1) is 0 Å². The molecule has 1 fully saturated rings. The normalized spacial score (nSPS) is 20.0. The molecule has 21 heavy (non-hydrogen) atoms. The van der Waals surface area contributed by atoms with Crippen molar-refractivity contribution in [2.75, 3.05) is 13.1 Å². The number of piperidine rings is 1.